The number of rotatable bonds is 6. The SMILES string of the molecule is C=CCC(N)C(=O)OC(=O)C(N)CC=C. The van der Waals surface area contributed by atoms with Crippen molar-refractivity contribution in [2.24, 2.45) is 11.5 Å². The Hall–Kier alpha value is -1.46. The van der Waals surface area contributed by atoms with E-state index in [1.165, 1.54) is 12.2 Å². The van der Waals surface area contributed by atoms with Gasteiger partial charge in [-0.2, -0.15) is 0 Å². The highest BCUT2D eigenvalue weighted by atomic mass is 16.6. The van der Waals surface area contributed by atoms with Crippen molar-refractivity contribution in [2.45, 2.75) is 24.9 Å². The molecule has 0 fully saturated rings. The molecule has 0 aliphatic heterocycles. The fourth-order valence-electron chi connectivity index (χ4n) is 0.802. The minimum Gasteiger partial charge on any atom is -0.391 e. The first-order valence-corrected chi connectivity index (χ1v) is 4.51. The molecule has 0 bridgehead atoms. The summed E-state index contributed by atoms with van der Waals surface area (Å²) >= 11 is 0. The topological polar surface area (TPSA) is 95.4 Å². The normalized spacial score (nSPS) is 13.7. The van der Waals surface area contributed by atoms with Gasteiger partial charge in [0, 0.05) is 0 Å². The molecule has 2 unspecified atom stereocenters. The summed E-state index contributed by atoms with van der Waals surface area (Å²) in [5, 5.41) is 0. The van der Waals surface area contributed by atoms with Crippen LogP contribution in [-0.2, 0) is 14.3 Å². The Bertz CT molecular complexity index is 237. The molecule has 4 N–H and O–H groups in total. The van der Waals surface area contributed by atoms with Gasteiger partial charge >= 0.3 is 11.9 Å². The molecule has 0 aliphatic rings. The summed E-state index contributed by atoms with van der Waals surface area (Å²) < 4.78 is 4.46. The van der Waals surface area contributed by atoms with Crippen LogP contribution in [0.15, 0.2) is 25.3 Å². The van der Waals surface area contributed by atoms with Gasteiger partial charge in [-0.3, -0.25) is 0 Å². The van der Waals surface area contributed by atoms with E-state index < -0.39 is 24.0 Å². The molecule has 0 aliphatic carbocycles. The predicted molar refractivity (Wildman–Crippen MR) is 56.7 cm³/mol. The van der Waals surface area contributed by atoms with Crippen LogP contribution in [0.3, 0.4) is 0 Å². The quantitative estimate of drug-likeness (QED) is 0.363. The van der Waals surface area contributed by atoms with Crippen LogP contribution >= 0.6 is 0 Å². The van der Waals surface area contributed by atoms with E-state index in [2.05, 4.69) is 17.9 Å². The molecule has 0 spiro atoms. The highest BCUT2D eigenvalue weighted by Crippen LogP contribution is 1.97. The zero-order valence-electron chi connectivity index (χ0n) is 8.52. The zero-order chi connectivity index (χ0) is 11.8. The second kappa shape index (κ2) is 6.92. The number of carbonyl (C=O) groups excluding carboxylic acids is 2. The molecule has 0 aromatic heterocycles. The summed E-state index contributed by atoms with van der Waals surface area (Å²) in [6.45, 7) is 6.83. The van der Waals surface area contributed by atoms with Crippen molar-refractivity contribution in [3.05, 3.63) is 25.3 Å². The predicted octanol–water partition coefficient (Wildman–Crippen LogP) is -0.137. The van der Waals surface area contributed by atoms with Gasteiger partial charge in [-0.05, 0) is 12.8 Å². The van der Waals surface area contributed by atoms with Crippen LogP contribution in [0, 0.1) is 0 Å². The summed E-state index contributed by atoms with van der Waals surface area (Å²) in [5.74, 6) is -1.58. The standard InChI is InChI=1S/C10H16N2O3/c1-3-5-7(11)9(13)15-10(14)8(12)6-4-2/h3-4,7-8H,1-2,5-6,11-12H2. The van der Waals surface area contributed by atoms with E-state index >= 15 is 0 Å². The maximum Gasteiger partial charge on any atom is 0.330 e. The number of ether oxygens (including phenoxy) is 1. The Morgan fingerprint density at radius 1 is 1.07 bits per heavy atom. The van der Waals surface area contributed by atoms with Gasteiger partial charge in [0.15, 0.2) is 0 Å². The molecule has 0 heterocycles. The molecule has 0 rings (SSSR count). The van der Waals surface area contributed by atoms with Crippen LogP contribution in [0.5, 0.6) is 0 Å². The molecular weight excluding hydrogens is 196 g/mol. The Kier molecular flexibility index (Phi) is 6.24. The van der Waals surface area contributed by atoms with Gasteiger partial charge in [-0.25, -0.2) is 9.59 Å². The molecular formula is C10H16N2O3. The molecule has 0 aromatic carbocycles. The summed E-state index contributed by atoms with van der Waals surface area (Å²) in [5.41, 5.74) is 10.8. The fourth-order valence-corrected chi connectivity index (χ4v) is 0.802. The van der Waals surface area contributed by atoms with E-state index in [-0.39, 0.29) is 12.8 Å². The number of esters is 2. The molecule has 0 aromatic rings. The minimum absolute atomic E-state index is 0.253. The van der Waals surface area contributed by atoms with Gasteiger partial charge in [-0.1, -0.05) is 12.2 Å². The average Bonchev–Trinajstić information content (AvgIpc) is 2.18. The lowest BCUT2D eigenvalue weighted by molar-refractivity contribution is -0.161. The summed E-state index contributed by atoms with van der Waals surface area (Å²) in [6.07, 6.45) is 3.45. The van der Waals surface area contributed by atoms with E-state index in [4.69, 9.17) is 11.5 Å². The third-order valence-electron chi connectivity index (χ3n) is 1.65. The zero-order valence-corrected chi connectivity index (χ0v) is 8.52. The Labute approximate surface area is 88.8 Å². The van der Waals surface area contributed by atoms with Crippen molar-refractivity contribution >= 4 is 11.9 Å². The van der Waals surface area contributed by atoms with Crippen LogP contribution < -0.4 is 11.5 Å². The summed E-state index contributed by atoms with van der Waals surface area (Å²) in [6, 6.07) is -1.75. The Morgan fingerprint density at radius 2 is 1.40 bits per heavy atom. The number of hydrogen-bond acceptors (Lipinski definition) is 5. The minimum atomic E-state index is -0.873. The van der Waals surface area contributed by atoms with E-state index in [0.717, 1.165) is 0 Å². The third-order valence-corrected chi connectivity index (χ3v) is 1.65. The molecule has 84 valence electrons. The van der Waals surface area contributed by atoms with Crippen LogP contribution in [-0.4, -0.2) is 24.0 Å². The second-order valence-electron chi connectivity index (χ2n) is 3.00. The van der Waals surface area contributed by atoms with Gasteiger partial charge in [0.1, 0.15) is 12.1 Å². The van der Waals surface area contributed by atoms with Gasteiger partial charge in [0.05, 0.1) is 0 Å². The lowest BCUT2D eigenvalue weighted by Gasteiger charge is -2.10. The average molecular weight is 212 g/mol. The molecule has 0 radical (unpaired) electrons. The van der Waals surface area contributed by atoms with E-state index in [1.54, 1.807) is 0 Å². The largest absolute Gasteiger partial charge is 0.391 e. The first kappa shape index (κ1) is 13.5. The molecule has 0 saturated carbocycles. The number of nitrogens with two attached hydrogens (primary N) is 2. The molecule has 2 atom stereocenters. The van der Waals surface area contributed by atoms with Crippen molar-refractivity contribution in [3.63, 3.8) is 0 Å². The Morgan fingerprint density at radius 3 is 1.67 bits per heavy atom. The van der Waals surface area contributed by atoms with Crippen molar-refractivity contribution in [3.8, 4) is 0 Å². The highest BCUT2D eigenvalue weighted by Gasteiger charge is 2.21. The van der Waals surface area contributed by atoms with Gasteiger partial charge in [0.2, 0.25) is 0 Å². The summed E-state index contributed by atoms with van der Waals surface area (Å²) in [4.78, 5) is 22.3. The maximum atomic E-state index is 11.2. The van der Waals surface area contributed by atoms with Crippen molar-refractivity contribution < 1.29 is 14.3 Å². The van der Waals surface area contributed by atoms with Crippen molar-refractivity contribution in [1.82, 2.24) is 0 Å². The van der Waals surface area contributed by atoms with E-state index in [0.29, 0.717) is 0 Å². The van der Waals surface area contributed by atoms with E-state index in [9.17, 15) is 9.59 Å². The summed E-state index contributed by atoms with van der Waals surface area (Å²) in [7, 11) is 0. The monoisotopic (exact) mass is 212 g/mol. The second-order valence-corrected chi connectivity index (χ2v) is 3.00. The van der Waals surface area contributed by atoms with Gasteiger partial charge in [0.25, 0.3) is 0 Å². The van der Waals surface area contributed by atoms with E-state index in [1.807, 2.05) is 0 Å². The number of carbonyl (C=O) groups is 2. The smallest absolute Gasteiger partial charge is 0.330 e. The number of hydrogen-bond donors (Lipinski definition) is 2. The van der Waals surface area contributed by atoms with Crippen LogP contribution in [0.25, 0.3) is 0 Å². The van der Waals surface area contributed by atoms with Gasteiger partial charge < -0.3 is 16.2 Å². The third kappa shape index (κ3) is 5.09. The fraction of sp³-hybridized carbons (Fsp3) is 0.400. The molecule has 5 heteroatoms. The highest BCUT2D eigenvalue weighted by molar-refractivity contribution is 5.90. The lowest BCUT2D eigenvalue weighted by Crippen LogP contribution is -2.39. The first-order valence-electron chi connectivity index (χ1n) is 4.51. The first-order chi connectivity index (χ1) is 7.02. The van der Waals surface area contributed by atoms with Gasteiger partial charge in [-0.15, -0.1) is 13.2 Å². The lowest BCUT2D eigenvalue weighted by atomic mass is 10.2. The molecule has 15 heavy (non-hydrogen) atoms. The van der Waals surface area contributed by atoms with Crippen LogP contribution in [0.2, 0.25) is 0 Å². The maximum absolute atomic E-state index is 11.2. The van der Waals surface area contributed by atoms with Crippen LogP contribution in [0.1, 0.15) is 12.8 Å². The van der Waals surface area contributed by atoms with Crippen molar-refractivity contribution in [1.29, 1.82) is 0 Å². The van der Waals surface area contributed by atoms with Crippen molar-refractivity contribution in [2.75, 3.05) is 0 Å². The molecule has 5 nitrogen and oxygen atoms in total. The Balaban J connectivity index is 4.10. The molecule has 0 saturated heterocycles. The molecule has 0 amide bonds. The van der Waals surface area contributed by atoms with Crippen LogP contribution in [0.4, 0.5) is 0 Å².